The minimum Gasteiger partial charge on any atom is -0.371 e. The van der Waals surface area contributed by atoms with Crippen molar-refractivity contribution in [2.24, 2.45) is 0 Å². The maximum Gasteiger partial charge on any atom is 0.329 e. The minimum atomic E-state index is -0.551. The third-order valence-electron chi connectivity index (χ3n) is 6.31. The number of morpholine rings is 1. The third-order valence-corrected chi connectivity index (χ3v) is 6.31. The average molecular weight is 431 g/mol. The second-order valence-corrected chi connectivity index (χ2v) is 8.26. The van der Waals surface area contributed by atoms with Gasteiger partial charge in [0.1, 0.15) is 0 Å². The summed E-state index contributed by atoms with van der Waals surface area (Å²) in [7, 11) is 0. The lowest BCUT2D eigenvalue weighted by atomic mass is 9.90. The first-order chi connectivity index (χ1) is 15.0. The number of anilines is 2. The summed E-state index contributed by atoms with van der Waals surface area (Å²) in [4.78, 5) is 31.8. The van der Waals surface area contributed by atoms with E-state index in [0.29, 0.717) is 43.1 Å². The Morgan fingerprint density at radius 2 is 2.03 bits per heavy atom. The molecule has 10 nitrogen and oxygen atoms in total. The predicted molar refractivity (Wildman–Crippen MR) is 112 cm³/mol. The second kappa shape index (κ2) is 7.72. The molecule has 0 bridgehead atoms. The number of hydrogen-bond acceptors (Lipinski definition) is 7. The van der Waals surface area contributed by atoms with Crippen molar-refractivity contribution < 1.29 is 18.7 Å². The second-order valence-electron chi connectivity index (χ2n) is 8.26. The molecule has 0 unspecified atom stereocenters. The first-order valence-corrected chi connectivity index (χ1v) is 10.8. The number of aromatic nitrogens is 3. The average Bonchev–Trinajstić information content (AvgIpc) is 3.11. The van der Waals surface area contributed by atoms with Gasteiger partial charge in [-0.1, -0.05) is 0 Å². The molecule has 0 radical (unpaired) electrons. The van der Waals surface area contributed by atoms with Crippen LogP contribution in [0.1, 0.15) is 26.2 Å². The molecule has 2 aromatic heterocycles. The van der Waals surface area contributed by atoms with E-state index in [1.165, 1.54) is 11.0 Å². The smallest absolute Gasteiger partial charge is 0.329 e. The number of rotatable bonds is 3. The molecule has 1 spiro atoms. The van der Waals surface area contributed by atoms with E-state index in [4.69, 9.17) is 4.74 Å². The molecule has 3 amide bonds. The van der Waals surface area contributed by atoms with Gasteiger partial charge in [-0.05, 0) is 38.9 Å². The number of nitrogens with one attached hydrogen (secondary N) is 2. The van der Waals surface area contributed by atoms with E-state index in [0.717, 1.165) is 25.9 Å². The number of amides is 3. The van der Waals surface area contributed by atoms with Crippen LogP contribution >= 0.6 is 0 Å². The quantitative estimate of drug-likeness (QED) is 0.747. The molecule has 2 N–H and O–H groups in total. The molecule has 0 atom stereocenters. The van der Waals surface area contributed by atoms with Gasteiger partial charge in [0.05, 0.1) is 17.6 Å². The lowest BCUT2D eigenvalue weighted by molar-refractivity contribution is -0.120. The van der Waals surface area contributed by atoms with E-state index in [-0.39, 0.29) is 30.3 Å². The molecule has 3 saturated heterocycles. The van der Waals surface area contributed by atoms with E-state index in [1.54, 1.807) is 4.68 Å². The van der Waals surface area contributed by atoms with Gasteiger partial charge in [-0.3, -0.25) is 15.0 Å². The highest BCUT2D eigenvalue weighted by Crippen LogP contribution is 2.34. The SMILES string of the molecule is CCn1nc(N2CCC(=O)NC2=O)c2cc(F)c(N3CCOC4(CCNCC4)C3)nc21. The topological polar surface area (TPSA) is 105 Å². The van der Waals surface area contributed by atoms with E-state index in [1.807, 2.05) is 11.8 Å². The summed E-state index contributed by atoms with van der Waals surface area (Å²) < 4.78 is 23.1. The Balaban J connectivity index is 1.52. The highest BCUT2D eigenvalue weighted by molar-refractivity contribution is 6.08. The molecule has 0 aliphatic carbocycles. The lowest BCUT2D eigenvalue weighted by Crippen LogP contribution is -2.56. The summed E-state index contributed by atoms with van der Waals surface area (Å²) in [6.07, 6.45) is 1.94. The molecule has 5 heterocycles. The Hall–Kier alpha value is -2.79. The van der Waals surface area contributed by atoms with Crippen molar-refractivity contribution in [2.75, 3.05) is 49.1 Å². The summed E-state index contributed by atoms with van der Waals surface area (Å²) in [6, 6.07) is 0.852. The number of aryl methyl sites for hydroxylation is 1. The number of carbonyl (C=O) groups is 2. The summed E-state index contributed by atoms with van der Waals surface area (Å²) in [5.41, 5.74) is 0.241. The Kier molecular flexibility index (Phi) is 5.01. The molecule has 3 aliphatic rings. The Bertz CT molecular complexity index is 1030. The van der Waals surface area contributed by atoms with Gasteiger partial charge >= 0.3 is 6.03 Å². The predicted octanol–water partition coefficient (Wildman–Crippen LogP) is 0.995. The number of nitrogens with zero attached hydrogens (tertiary/aromatic N) is 5. The molecular weight excluding hydrogens is 405 g/mol. The Morgan fingerprint density at radius 3 is 2.77 bits per heavy atom. The van der Waals surface area contributed by atoms with Crippen LogP contribution in [0.2, 0.25) is 0 Å². The van der Waals surface area contributed by atoms with Crippen molar-refractivity contribution in [1.29, 1.82) is 0 Å². The van der Waals surface area contributed by atoms with Gasteiger partial charge in [0.2, 0.25) is 5.91 Å². The van der Waals surface area contributed by atoms with Crippen LogP contribution in [0.4, 0.5) is 20.8 Å². The number of hydrogen-bond donors (Lipinski definition) is 2. The van der Waals surface area contributed by atoms with Gasteiger partial charge in [-0.2, -0.15) is 5.10 Å². The third kappa shape index (κ3) is 3.51. The van der Waals surface area contributed by atoms with Crippen LogP contribution in [0.5, 0.6) is 0 Å². The minimum absolute atomic E-state index is 0.172. The number of piperidine rings is 1. The van der Waals surface area contributed by atoms with Gasteiger partial charge in [-0.25, -0.2) is 18.9 Å². The van der Waals surface area contributed by atoms with Crippen molar-refractivity contribution in [3.05, 3.63) is 11.9 Å². The molecular formula is C20H26FN7O3. The number of urea groups is 1. The van der Waals surface area contributed by atoms with Crippen LogP contribution in [0.3, 0.4) is 0 Å². The monoisotopic (exact) mass is 431 g/mol. The van der Waals surface area contributed by atoms with E-state index in [2.05, 4.69) is 20.7 Å². The number of carbonyl (C=O) groups excluding carboxylic acids is 2. The van der Waals surface area contributed by atoms with E-state index < -0.39 is 11.8 Å². The van der Waals surface area contributed by atoms with Gasteiger partial charge < -0.3 is 15.0 Å². The number of fused-ring (bicyclic) bond motifs is 1. The molecule has 3 aliphatic heterocycles. The van der Waals surface area contributed by atoms with Crippen LogP contribution in [0.25, 0.3) is 11.0 Å². The van der Waals surface area contributed by atoms with Crippen molar-refractivity contribution in [3.63, 3.8) is 0 Å². The van der Waals surface area contributed by atoms with Gasteiger partial charge in [0.15, 0.2) is 23.1 Å². The molecule has 11 heteroatoms. The summed E-state index contributed by atoms with van der Waals surface area (Å²) in [5.74, 6) is -0.181. The lowest BCUT2D eigenvalue weighted by Gasteiger charge is -2.45. The Labute approximate surface area is 178 Å². The normalized spacial score (nSPS) is 21.7. The van der Waals surface area contributed by atoms with Crippen molar-refractivity contribution in [1.82, 2.24) is 25.4 Å². The number of imide groups is 1. The maximum absolute atomic E-state index is 15.3. The number of pyridine rings is 1. The maximum atomic E-state index is 15.3. The van der Waals surface area contributed by atoms with Crippen molar-refractivity contribution in [3.8, 4) is 0 Å². The first kappa shape index (κ1) is 20.1. The molecule has 0 aromatic carbocycles. The zero-order chi connectivity index (χ0) is 21.6. The van der Waals surface area contributed by atoms with Crippen LogP contribution in [-0.4, -0.2) is 71.6 Å². The van der Waals surface area contributed by atoms with Crippen molar-refractivity contribution >= 4 is 34.6 Å². The molecule has 31 heavy (non-hydrogen) atoms. The van der Waals surface area contributed by atoms with Crippen LogP contribution in [-0.2, 0) is 16.1 Å². The molecule has 2 aromatic rings. The zero-order valence-electron chi connectivity index (χ0n) is 17.5. The van der Waals surface area contributed by atoms with E-state index >= 15 is 4.39 Å². The van der Waals surface area contributed by atoms with E-state index in [9.17, 15) is 9.59 Å². The van der Waals surface area contributed by atoms with Crippen LogP contribution in [0, 0.1) is 5.82 Å². The highest BCUT2D eigenvalue weighted by atomic mass is 19.1. The van der Waals surface area contributed by atoms with Gasteiger partial charge in [0.25, 0.3) is 0 Å². The first-order valence-electron chi connectivity index (χ1n) is 10.8. The summed E-state index contributed by atoms with van der Waals surface area (Å²) in [5, 5.41) is 10.6. The molecule has 0 saturated carbocycles. The Morgan fingerprint density at radius 1 is 1.23 bits per heavy atom. The summed E-state index contributed by atoms with van der Waals surface area (Å²) >= 11 is 0. The number of ether oxygens (including phenoxy) is 1. The van der Waals surface area contributed by atoms with Crippen molar-refractivity contribution in [2.45, 2.75) is 38.3 Å². The highest BCUT2D eigenvalue weighted by Gasteiger charge is 2.39. The largest absolute Gasteiger partial charge is 0.371 e. The standard InChI is InChI=1S/C20H26FN7O3/c1-2-28-16-13(17(25-28)27-8-3-15(29)23-19(27)30)11-14(21)18(24-16)26-9-10-31-20(12-26)4-6-22-7-5-20/h11,22H,2-10,12H2,1H3,(H,23,29,30). The number of halogens is 1. The fourth-order valence-electron chi connectivity index (χ4n) is 4.66. The zero-order valence-corrected chi connectivity index (χ0v) is 17.5. The van der Waals surface area contributed by atoms with Gasteiger partial charge in [0, 0.05) is 32.6 Å². The summed E-state index contributed by atoms with van der Waals surface area (Å²) in [6.45, 7) is 6.08. The fraction of sp³-hybridized carbons (Fsp3) is 0.600. The molecule has 5 rings (SSSR count). The van der Waals surface area contributed by atoms with Gasteiger partial charge in [-0.15, -0.1) is 0 Å². The van der Waals surface area contributed by atoms with Crippen LogP contribution < -0.4 is 20.4 Å². The van der Waals surface area contributed by atoms with Crippen LogP contribution in [0.15, 0.2) is 6.07 Å². The fourth-order valence-corrected chi connectivity index (χ4v) is 4.66. The molecule has 3 fully saturated rings. The molecule has 166 valence electrons.